The van der Waals surface area contributed by atoms with Crippen LogP contribution < -0.4 is 0 Å². The van der Waals surface area contributed by atoms with E-state index in [2.05, 4.69) is 15.9 Å². The van der Waals surface area contributed by atoms with E-state index in [1.54, 1.807) is 13.8 Å². The molecule has 2 heterocycles. The molecule has 0 aromatic carbocycles. The second-order valence-corrected chi connectivity index (χ2v) is 6.51. The van der Waals surface area contributed by atoms with E-state index in [0.29, 0.717) is 5.33 Å². The van der Waals surface area contributed by atoms with E-state index in [0.717, 1.165) is 0 Å². The van der Waals surface area contributed by atoms with Crippen LogP contribution in [0, 0.1) is 0 Å². The quantitative estimate of drug-likeness (QED) is 0.381. The van der Waals surface area contributed by atoms with Crippen LogP contribution in [0.2, 0.25) is 0 Å². The van der Waals surface area contributed by atoms with Gasteiger partial charge in [-0.05, 0) is 13.8 Å². The molecule has 0 saturated carbocycles. The van der Waals surface area contributed by atoms with Crippen LogP contribution in [0.1, 0.15) is 27.7 Å². The van der Waals surface area contributed by atoms with Crippen molar-refractivity contribution in [3.8, 4) is 0 Å². The van der Waals surface area contributed by atoms with Crippen LogP contribution in [0.15, 0.2) is 11.8 Å². The van der Waals surface area contributed by atoms with E-state index < -0.39 is 48.1 Å². The molecule has 0 aromatic rings. The lowest BCUT2D eigenvalue weighted by molar-refractivity contribution is -0.169. The van der Waals surface area contributed by atoms with Gasteiger partial charge in [0.05, 0.1) is 0 Å². The lowest BCUT2D eigenvalue weighted by Crippen LogP contribution is -2.44. The lowest BCUT2D eigenvalue weighted by Gasteiger charge is -2.26. The van der Waals surface area contributed by atoms with Gasteiger partial charge in [-0.2, -0.15) is 0 Å². The monoisotopic (exact) mass is 406 g/mol. The Morgan fingerprint density at radius 3 is 2.50 bits per heavy atom. The highest BCUT2D eigenvalue weighted by atomic mass is 79.9. The average molecular weight is 407 g/mol. The summed E-state index contributed by atoms with van der Waals surface area (Å²) >= 11 is 3.28. The minimum atomic E-state index is -0.958. The molecule has 134 valence electrons. The van der Waals surface area contributed by atoms with Crippen molar-refractivity contribution in [2.45, 2.75) is 57.9 Å². The number of rotatable bonds is 5. The molecule has 0 aromatic heterocycles. The number of carbonyl (C=O) groups excluding carboxylic acids is 3. The highest BCUT2D eigenvalue weighted by molar-refractivity contribution is 9.09. The maximum atomic E-state index is 11.8. The van der Waals surface area contributed by atoms with Crippen molar-refractivity contribution in [1.82, 2.24) is 0 Å². The Balaban J connectivity index is 2.22. The van der Waals surface area contributed by atoms with Crippen LogP contribution in [0.5, 0.6) is 0 Å². The molecule has 0 N–H and O–H groups in total. The van der Waals surface area contributed by atoms with E-state index >= 15 is 0 Å². The van der Waals surface area contributed by atoms with Gasteiger partial charge < -0.3 is 23.7 Å². The highest BCUT2D eigenvalue weighted by Crippen LogP contribution is 2.36. The largest absolute Gasteiger partial charge is 0.459 e. The molecule has 24 heavy (non-hydrogen) atoms. The predicted octanol–water partition coefficient (Wildman–Crippen LogP) is 1.21. The number of alkyl halides is 1. The van der Waals surface area contributed by atoms with Crippen molar-refractivity contribution in [2.75, 3.05) is 5.33 Å². The third kappa shape index (κ3) is 4.34. The smallest absolute Gasteiger partial charge is 0.374 e. The van der Waals surface area contributed by atoms with Crippen molar-refractivity contribution >= 4 is 33.8 Å². The van der Waals surface area contributed by atoms with Gasteiger partial charge in [0, 0.05) is 25.3 Å². The van der Waals surface area contributed by atoms with Crippen LogP contribution in [-0.4, -0.2) is 53.4 Å². The SMILES string of the molecule is CC(=O)OC1=C[C@H]([C@H]2OC(C)(C)O[C@@H]2[C@@H](CBr)OC(C)=O)OC1=O. The van der Waals surface area contributed by atoms with Crippen LogP contribution in [0.3, 0.4) is 0 Å². The van der Waals surface area contributed by atoms with Crippen LogP contribution in [0.25, 0.3) is 0 Å². The van der Waals surface area contributed by atoms with Gasteiger partial charge in [0.1, 0.15) is 18.3 Å². The summed E-state index contributed by atoms with van der Waals surface area (Å²) in [7, 11) is 0. The molecule has 2 rings (SSSR count). The molecule has 2 aliphatic rings. The van der Waals surface area contributed by atoms with E-state index in [9.17, 15) is 14.4 Å². The Bertz CT molecular complexity index is 570. The van der Waals surface area contributed by atoms with Gasteiger partial charge in [-0.3, -0.25) is 9.59 Å². The van der Waals surface area contributed by atoms with Gasteiger partial charge >= 0.3 is 17.9 Å². The Hall–Kier alpha value is -1.45. The molecule has 0 unspecified atom stereocenters. The number of ether oxygens (including phenoxy) is 5. The zero-order valence-corrected chi connectivity index (χ0v) is 15.3. The summed E-state index contributed by atoms with van der Waals surface area (Å²) in [5.41, 5.74) is 0. The fourth-order valence-electron chi connectivity index (χ4n) is 2.58. The van der Waals surface area contributed by atoms with Gasteiger partial charge in [-0.15, -0.1) is 0 Å². The minimum Gasteiger partial charge on any atom is -0.459 e. The maximum Gasteiger partial charge on any atom is 0.374 e. The van der Waals surface area contributed by atoms with E-state index in [1.165, 1.54) is 19.9 Å². The van der Waals surface area contributed by atoms with Crippen molar-refractivity contribution in [1.29, 1.82) is 0 Å². The summed E-state index contributed by atoms with van der Waals surface area (Å²) in [4.78, 5) is 34.1. The van der Waals surface area contributed by atoms with Crippen LogP contribution in [-0.2, 0) is 38.1 Å². The van der Waals surface area contributed by atoms with E-state index in [-0.39, 0.29) is 5.76 Å². The first-order valence-electron chi connectivity index (χ1n) is 7.33. The first-order valence-corrected chi connectivity index (χ1v) is 8.45. The Kier molecular flexibility index (Phi) is 5.67. The fraction of sp³-hybridized carbons (Fsp3) is 0.667. The van der Waals surface area contributed by atoms with Gasteiger partial charge in [-0.25, -0.2) is 4.79 Å². The van der Waals surface area contributed by atoms with Crippen LogP contribution in [0.4, 0.5) is 0 Å². The lowest BCUT2D eigenvalue weighted by atomic mass is 10.0. The zero-order valence-electron chi connectivity index (χ0n) is 13.7. The molecule has 0 spiro atoms. The molecule has 0 bridgehead atoms. The molecule has 1 saturated heterocycles. The highest BCUT2D eigenvalue weighted by Gasteiger charge is 2.52. The molecule has 0 amide bonds. The summed E-state index contributed by atoms with van der Waals surface area (Å²) in [5, 5.41) is 0.314. The molecule has 2 aliphatic heterocycles. The number of halogens is 1. The van der Waals surface area contributed by atoms with Crippen molar-refractivity contribution in [3.63, 3.8) is 0 Å². The van der Waals surface area contributed by atoms with E-state index in [4.69, 9.17) is 23.7 Å². The van der Waals surface area contributed by atoms with E-state index in [1.807, 2.05) is 0 Å². The third-order valence-corrected chi connectivity index (χ3v) is 3.98. The first kappa shape index (κ1) is 18.9. The molecule has 4 atom stereocenters. The Labute approximate surface area is 147 Å². The van der Waals surface area contributed by atoms with Crippen molar-refractivity contribution < 1.29 is 38.1 Å². The first-order chi connectivity index (χ1) is 11.1. The predicted molar refractivity (Wildman–Crippen MR) is 82.9 cm³/mol. The number of hydrogen-bond acceptors (Lipinski definition) is 8. The van der Waals surface area contributed by atoms with Gasteiger partial charge in [0.2, 0.25) is 5.76 Å². The zero-order chi connectivity index (χ0) is 18.1. The molecular formula is C15H19BrO8. The Morgan fingerprint density at radius 1 is 1.29 bits per heavy atom. The normalized spacial score (nSPS) is 29.6. The minimum absolute atomic E-state index is 0.192. The summed E-state index contributed by atoms with van der Waals surface area (Å²) in [6.07, 6.45) is -1.49. The molecule has 9 heteroatoms. The topological polar surface area (TPSA) is 97.4 Å². The van der Waals surface area contributed by atoms with Crippen molar-refractivity contribution in [3.05, 3.63) is 11.8 Å². The molecule has 0 aliphatic carbocycles. The third-order valence-electron chi connectivity index (χ3n) is 3.34. The van der Waals surface area contributed by atoms with Gasteiger partial charge in [0.25, 0.3) is 0 Å². The summed E-state index contributed by atoms with van der Waals surface area (Å²) in [6.45, 7) is 5.88. The second-order valence-electron chi connectivity index (χ2n) is 5.86. The second kappa shape index (κ2) is 7.20. The molecular weight excluding hydrogens is 388 g/mol. The van der Waals surface area contributed by atoms with Gasteiger partial charge in [0.15, 0.2) is 11.9 Å². The standard InChI is InChI=1S/C15H19BrO8/c1-7(17)20-10-5-9(22-14(10)19)12-13(24-15(3,4)23-12)11(6-16)21-8(2)18/h5,9,11-13H,6H2,1-4H3/t9-,11-,12-,13-/m1/s1. The van der Waals surface area contributed by atoms with Gasteiger partial charge in [-0.1, -0.05) is 15.9 Å². The number of carbonyl (C=O) groups is 3. The summed E-state index contributed by atoms with van der Waals surface area (Å²) in [6, 6.07) is 0. The molecule has 8 nitrogen and oxygen atoms in total. The number of cyclic esters (lactones) is 1. The summed E-state index contributed by atoms with van der Waals surface area (Å²) in [5.74, 6) is -3.00. The van der Waals surface area contributed by atoms with Crippen molar-refractivity contribution in [2.24, 2.45) is 0 Å². The van der Waals surface area contributed by atoms with Crippen LogP contribution >= 0.6 is 15.9 Å². The maximum absolute atomic E-state index is 11.8. The summed E-state index contributed by atoms with van der Waals surface area (Å²) < 4.78 is 26.9. The molecule has 0 radical (unpaired) electrons. The number of hydrogen-bond donors (Lipinski definition) is 0. The number of esters is 3. The molecule has 1 fully saturated rings. The average Bonchev–Trinajstić information content (AvgIpc) is 2.96. The fourth-order valence-corrected chi connectivity index (χ4v) is 3.08. The Morgan fingerprint density at radius 2 is 1.96 bits per heavy atom.